The van der Waals surface area contributed by atoms with E-state index in [1.165, 1.54) is 4.68 Å². The van der Waals surface area contributed by atoms with Crippen LogP contribution in [0.25, 0.3) is 10.8 Å². The first-order chi connectivity index (χ1) is 14.0. The summed E-state index contributed by atoms with van der Waals surface area (Å²) in [4.78, 5) is 25.5. The normalized spacial score (nSPS) is 14.1. The molecule has 1 unspecified atom stereocenters. The fourth-order valence-electron chi connectivity index (χ4n) is 3.57. The van der Waals surface area contributed by atoms with E-state index in [9.17, 15) is 9.59 Å². The molecule has 3 aromatic rings. The van der Waals surface area contributed by atoms with E-state index in [1.54, 1.807) is 31.3 Å². The number of nitrogens with zero attached hydrogens (tertiary/aromatic N) is 2. The van der Waals surface area contributed by atoms with Crippen LogP contribution in [0.4, 0.5) is 0 Å². The largest absolute Gasteiger partial charge is 0.486 e. The molecule has 0 radical (unpaired) electrons. The van der Waals surface area contributed by atoms with E-state index in [0.29, 0.717) is 35.5 Å². The molecule has 1 N–H and O–H groups in total. The van der Waals surface area contributed by atoms with Crippen molar-refractivity contribution in [1.29, 1.82) is 0 Å². The minimum atomic E-state index is -0.328. The molecule has 0 spiro atoms. The molecule has 1 aromatic heterocycles. The number of hydrogen-bond donors (Lipinski definition) is 1. The SMILES string of the molecule is CC(C)C(NC(=O)c1nn(C)c(=O)c2ccccc12)c1ccc2c(c1)OCCO2. The minimum Gasteiger partial charge on any atom is -0.486 e. The van der Waals surface area contributed by atoms with Crippen LogP contribution in [0, 0.1) is 5.92 Å². The predicted molar refractivity (Wildman–Crippen MR) is 109 cm³/mol. The molecule has 7 heteroatoms. The maximum Gasteiger partial charge on any atom is 0.274 e. The van der Waals surface area contributed by atoms with Gasteiger partial charge >= 0.3 is 0 Å². The number of amides is 1. The summed E-state index contributed by atoms with van der Waals surface area (Å²) in [5.74, 6) is 1.18. The molecule has 4 rings (SSSR count). The maximum atomic E-state index is 13.2. The second-order valence-corrected chi connectivity index (χ2v) is 7.42. The van der Waals surface area contributed by atoms with Crippen LogP contribution < -0.4 is 20.3 Å². The van der Waals surface area contributed by atoms with Gasteiger partial charge in [-0.3, -0.25) is 9.59 Å². The number of fused-ring (bicyclic) bond motifs is 2. The smallest absolute Gasteiger partial charge is 0.274 e. The van der Waals surface area contributed by atoms with Gasteiger partial charge < -0.3 is 14.8 Å². The number of carbonyl (C=O) groups excluding carboxylic acids is 1. The van der Waals surface area contributed by atoms with E-state index >= 15 is 0 Å². The van der Waals surface area contributed by atoms with Crippen LogP contribution in [0.15, 0.2) is 47.3 Å². The lowest BCUT2D eigenvalue weighted by Crippen LogP contribution is -2.34. The van der Waals surface area contributed by atoms with Crippen LogP contribution in [0.5, 0.6) is 11.5 Å². The molecule has 0 fully saturated rings. The standard InChI is InChI=1S/C22H23N3O4/c1-13(2)19(14-8-9-17-18(12-14)29-11-10-28-17)23-21(26)20-15-6-4-5-7-16(15)22(27)25(3)24-20/h4-9,12-13,19H,10-11H2,1-3H3,(H,23,26). The van der Waals surface area contributed by atoms with Crippen LogP contribution in [0.2, 0.25) is 0 Å². The summed E-state index contributed by atoms with van der Waals surface area (Å²) in [5, 5.41) is 8.31. The predicted octanol–water partition coefficient (Wildman–Crippen LogP) is 2.83. The summed E-state index contributed by atoms with van der Waals surface area (Å²) in [6.45, 7) is 5.10. The summed E-state index contributed by atoms with van der Waals surface area (Å²) >= 11 is 0. The zero-order valence-corrected chi connectivity index (χ0v) is 16.6. The Labute approximate surface area is 168 Å². The highest BCUT2D eigenvalue weighted by atomic mass is 16.6. The van der Waals surface area contributed by atoms with Gasteiger partial charge in [0.05, 0.1) is 11.4 Å². The van der Waals surface area contributed by atoms with E-state index in [-0.39, 0.29) is 29.1 Å². The molecule has 0 aliphatic carbocycles. The number of aryl methyl sites for hydroxylation is 1. The summed E-state index contributed by atoms with van der Waals surface area (Å²) in [5.41, 5.74) is 0.919. The molecule has 1 amide bonds. The van der Waals surface area contributed by atoms with E-state index in [4.69, 9.17) is 9.47 Å². The van der Waals surface area contributed by atoms with E-state index in [0.717, 1.165) is 5.56 Å². The molecule has 1 aliphatic heterocycles. The van der Waals surface area contributed by atoms with Gasteiger partial charge in [-0.05, 0) is 29.7 Å². The Morgan fingerprint density at radius 3 is 2.48 bits per heavy atom. The van der Waals surface area contributed by atoms with E-state index in [2.05, 4.69) is 10.4 Å². The number of ether oxygens (including phenoxy) is 2. The quantitative estimate of drug-likeness (QED) is 0.737. The van der Waals surface area contributed by atoms with E-state index in [1.807, 2.05) is 32.0 Å². The Bertz CT molecular complexity index is 1140. The maximum absolute atomic E-state index is 13.2. The molecule has 1 atom stereocenters. The molecule has 150 valence electrons. The lowest BCUT2D eigenvalue weighted by Gasteiger charge is -2.25. The first-order valence-corrected chi connectivity index (χ1v) is 9.62. The molecule has 0 bridgehead atoms. The van der Waals surface area contributed by atoms with Crippen LogP contribution in [-0.4, -0.2) is 28.9 Å². The summed E-state index contributed by atoms with van der Waals surface area (Å²) in [6.07, 6.45) is 0. The van der Waals surface area contributed by atoms with Crippen molar-refractivity contribution in [1.82, 2.24) is 15.1 Å². The Hall–Kier alpha value is -3.35. The average molecular weight is 393 g/mol. The topological polar surface area (TPSA) is 82.5 Å². The van der Waals surface area contributed by atoms with Gasteiger partial charge in [-0.25, -0.2) is 4.68 Å². The number of benzene rings is 2. The van der Waals surface area contributed by atoms with Gasteiger partial charge in [0.2, 0.25) is 0 Å². The zero-order chi connectivity index (χ0) is 20.5. The molecule has 1 aliphatic rings. The molecule has 7 nitrogen and oxygen atoms in total. The first-order valence-electron chi connectivity index (χ1n) is 9.62. The van der Waals surface area contributed by atoms with Gasteiger partial charge in [-0.1, -0.05) is 38.1 Å². The van der Waals surface area contributed by atoms with Crippen molar-refractivity contribution < 1.29 is 14.3 Å². The number of aromatic nitrogens is 2. The third-order valence-corrected chi connectivity index (χ3v) is 5.05. The number of rotatable bonds is 4. The Balaban J connectivity index is 1.70. The van der Waals surface area contributed by atoms with Crippen molar-refractivity contribution >= 4 is 16.7 Å². The second-order valence-electron chi connectivity index (χ2n) is 7.42. The Morgan fingerprint density at radius 2 is 1.76 bits per heavy atom. The van der Waals surface area contributed by atoms with Crippen LogP contribution in [-0.2, 0) is 7.05 Å². The molecule has 29 heavy (non-hydrogen) atoms. The molecule has 2 aromatic carbocycles. The Morgan fingerprint density at radius 1 is 1.07 bits per heavy atom. The monoisotopic (exact) mass is 393 g/mol. The Kier molecular flexibility index (Phi) is 4.96. The van der Waals surface area contributed by atoms with Crippen molar-refractivity contribution in [2.75, 3.05) is 13.2 Å². The molecular formula is C22H23N3O4. The lowest BCUT2D eigenvalue weighted by molar-refractivity contribution is 0.0920. The van der Waals surface area contributed by atoms with Crippen LogP contribution in [0.1, 0.15) is 35.9 Å². The summed E-state index contributed by atoms with van der Waals surface area (Å²) in [7, 11) is 1.55. The summed E-state index contributed by atoms with van der Waals surface area (Å²) in [6, 6.07) is 12.5. The third kappa shape index (κ3) is 3.55. The highest BCUT2D eigenvalue weighted by Gasteiger charge is 2.24. The highest BCUT2D eigenvalue weighted by molar-refractivity contribution is 6.04. The second kappa shape index (κ2) is 7.58. The van der Waals surface area contributed by atoms with E-state index < -0.39 is 0 Å². The van der Waals surface area contributed by atoms with Crippen molar-refractivity contribution in [3.8, 4) is 11.5 Å². The number of nitrogens with one attached hydrogen (secondary N) is 1. The first kappa shape index (κ1) is 19.0. The fourth-order valence-corrected chi connectivity index (χ4v) is 3.57. The van der Waals surface area contributed by atoms with Crippen molar-refractivity contribution in [3.63, 3.8) is 0 Å². The van der Waals surface area contributed by atoms with Crippen molar-refractivity contribution in [2.24, 2.45) is 13.0 Å². The lowest BCUT2D eigenvalue weighted by atomic mass is 9.95. The molecular weight excluding hydrogens is 370 g/mol. The van der Waals surface area contributed by atoms with Crippen LogP contribution in [0.3, 0.4) is 0 Å². The molecule has 2 heterocycles. The summed E-state index contributed by atoms with van der Waals surface area (Å²) < 4.78 is 12.5. The van der Waals surface area contributed by atoms with Gasteiger partial charge in [0.15, 0.2) is 17.2 Å². The van der Waals surface area contributed by atoms with Crippen LogP contribution >= 0.6 is 0 Å². The van der Waals surface area contributed by atoms with Crippen molar-refractivity contribution in [3.05, 3.63) is 64.1 Å². The third-order valence-electron chi connectivity index (χ3n) is 5.05. The van der Waals surface area contributed by atoms with Gasteiger partial charge in [0.25, 0.3) is 11.5 Å². The van der Waals surface area contributed by atoms with Gasteiger partial charge in [-0.15, -0.1) is 0 Å². The van der Waals surface area contributed by atoms with Gasteiger partial charge in [0, 0.05) is 12.4 Å². The fraction of sp³-hybridized carbons (Fsp3) is 0.318. The minimum absolute atomic E-state index is 0.125. The average Bonchev–Trinajstić information content (AvgIpc) is 2.74. The van der Waals surface area contributed by atoms with Gasteiger partial charge in [0.1, 0.15) is 13.2 Å². The zero-order valence-electron chi connectivity index (χ0n) is 16.6. The number of hydrogen-bond acceptors (Lipinski definition) is 5. The number of carbonyl (C=O) groups is 1. The highest BCUT2D eigenvalue weighted by Crippen LogP contribution is 2.34. The van der Waals surface area contributed by atoms with Crippen molar-refractivity contribution in [2.45, 2.75) is 19.9 Å². The molecule has 0 saturated heterocycles. The van der Waals surface area contributed by atoms with Gasteiger partial charge in [-0.2, -0.15) is 5.10 Å². The molecule has 0 saturated carbocycles.